The summed E-state index contributed by atoms with van der Waals surface area (Å²) in [5.74, 6) is -3.45. The van der Waals surface area contributed by atoms with Gasteiger partial charge in [-0.2, -0.15) is 0 Å². The predicted octanol–water partition coefficient (Wildman–Crippen LogP) is 1.82. The van der Waals surface area contributed by atoms with E-state index in [4.69, 9.17) is 10.2 Å². The molecule has 0 bridgehead atoms. The summed E-state index contributed by atoms with van der Waals surface area (Å²) in [4.78, 5) is 33.8. The molecule has 0 aromatic heterocycles. The molecule has 2 rings (SSSR count). The predicted molar refractivity (Wildman–Crippen MR) is 70.5 cm³/mol. The summed E-state index contributed by atoms with van der Waals surface area (Å²) >= 11 is 0. The van der Waals surface area contributed by atoms with Crippen LogP contribution in [-0.2, 0) is 9.59 Å². The number of nitrogens with one attached hydrogen (secondary N) is 1. The Hall–Kier alpha value is -2.37. The molecule has 0 aliphatic heterocycles. The van der Waals surface area contributed by atoms with Crippen molar-refractivity contribution in [3.63, 3.8) is 0 Å². The molecule has 2 unspecified atom stereocenters. The van der Waals surface area contributed by atoms with Crippen LogP contribution in [0.15, 0.2) is 24.3 Å². The van der Waals surface area contributed by atoms with Crippen LogP contribution in [0.25, 0.3) is 0 Å². The molecule has 6 heteroatoms. The van der Waals surface area contributed by atoms with Crippen molar-refractivity contribution in [2.75, 3.05) is 5.32 Å². The minimum absolute atomic E-state index is 0.132. The van der Waals surface area contributed by atoms with Gasteiger partial charge in [0.25, 0.3) is 0 Å². The highest BCUT2D eigenvalue weighted by molar-refractivity contribution is 5.96. The highest BCUT2D eigenvalue weighted by Crippen LogP contribution is 2.32. The van der Waals surface area contributed by atoms with E-state index in [0.717, 1.165) is 6.42 Å². The summed E-state index contributed by atoms with van der Waals surface area (Å²) in [6.07, 6.45) is 1.81. The molecule has 0 spiro atoms. The van der Waals surface area contributed by atoms with E-state index in [1.165, 1.54) is 24.3 Å². The second-order valence-electron chi connectivity index (χ2n) is 4.85. The van der Waals surface area contributed by atoms with E-state index in [1.54, 1.807) is 0 Å². The van der Waals surface area contributed by atoms with Gasteiger partial charge in [0.2, 0.25) is 5.91 Å². The number of rotatable bonds is 4. The molecule has 6 nitrogen and oxygen atoms in total. The van der Waals surface area contributed by atoms with Crippen LogP contribution >= 0.6 is 0 Å². The number of aliphatic carboxylic acids is 1. The third kappa shape index (κ3) is 2.96. The number of hydrogen-bond acceptors (Lipinski definition) is 3. The molecule has 3 N–H and O–H groups in total. The van der Waals surface area contributed by atoms with Crippen molar-refractivity contribution < 1.29 is 24.6 Å². The van der Waals surface area contributed by atoms with Crippen LogP contribution < -0.4 is 5.32 Å². The van der Waals surface area contributed by atoms with Crippen LogP contribution in [0.2, 0.25) is 0 Å². The first-order valence-corrected chi connectivity index (χ1v) is 6.36. The Kier molecular flexibility index (Phi) is 4.02. The van der Waals surface area contributed by atoms with Crippen LogP contribution in [-0.4, -0.2) is 28.1 Å². The Morgan fingerprint density at radius 2 is 1.60 bits per heavy atom. The van der Waals surface area contributed by atoms with E-state index < -0.39 is 23.8 Å². The number of carboxylic acid groups (broad SMARTS) is 2. The Labute approximate surface area is 115 Å². The summed E-state index contributed by atoms with van der Waals surface area (Å²) in [6, 6.07) is 5.76. The van der Waals surface area contributed by atoms with Gasteiger partial charge in [0.15, 0.2) is 0 Å². The van der Waals surface area contributed by atoms with Crippen LogP contribution in [0.5, 0.6) is 0 Å². The van der Waals surface area contributed by atoms with Gasteiger partial charge in [-0.25, -0.2) is 4.79 Å². The molecule has 2 atom stereocenters. The molecule has 1 aliphatic rings. The first kappa shape index (κ1) is 14.0. The number of carbonyl (C=O) groups excluding carboxylic acids is 1. The van der Waals surface area contributed by atoms with E-state index >= 15 is 0 Å². The number of anilines is 1. The average molecular weight is 277 g/mol. The molecule has 20 heavy (non-hydrogen) atoms. The lowest BCUT2D eigenvalue weighted by molar-refractivity contribution is -0.145. The van der Waals surface area contributed by atoms with Gasteiger partial charge in [0.05, 0.1) is 17.4 Å². The highest BCUT2D eigenvalue weighted by Gasteiger charge is 2.37. The highest BCUT2D eigenvalue weighted by atomic mass is 16.4. The summed E-state index contributed by atoms with van der Waals surface area (Å²) in [6.45, 7) is 0. The van der Waals surface area contributed by atoms with Gasteiger partial charge in [-0.1, -0.05) is 6.42 Å². The van der Waals surface area contributed by atoms with E-state index in [-0.39, 0.29) is 11.5 Å². The van der Waals surface area contributed by atoms with Gasteiger partial charge in [0.1, 0.15) is 0 Å². The van der Waals surface area contributed by atoms with E-state index in [2.05, 4.69) is 5.32 Å². The number of aromatic carboxylic acids is 1. The lowest BCUT2D eigenvalue weighted by Gasteiger charge is -2.15. The third-order valence-electron chi connectivity index (χ3n) is 3.57. The number of carbonyl (C=O) groups is 3. The molecule has 1 aromatic carbocycles. The van der Waals surface area contributed by atoms with Gasteiger partial charge >= 0.3 is 11.9 Å². The van der Waals surface area contributed by atoms with Crippen molar-refractivity contribution in [1.29, 1.82) is 0 Å². The Balaban J connectivity index is 2.04. The first-order valence-electron chi connectivity index (χ1n) is 6.36. The van der Waals surface area contributed by atoms with E-state index in [9.17, 15) is 14.4 Å². The maximum absolute atomic E-state index is 12.1. The fourth-order valence-electron chi connectivity index (χ4n) is 2.50. The van der Waals surface area contributed by atoms with Gasteiger partial charge in [0, 0.05) is 5.69 Å². The summed E-state index contributed by atoms with van der Waals surface area (Å²) in [5.41, 5.74) is 0.600. The zero-order valence-electron chi connectivity index (χ0n) is 10.7. The van der Waals surface area contributed by atoms with Crippen molar-refractivity contribution >= 4 is 23.5 Å². The standard InChI is InChI=1S/C14H15NO5/c16-12(10-2-1-3-11(10)14(19)20)15-9-6-4-8(5-7-9)13(17)18/h4-7,10-11H,1-3H2,(H,15,16)(H,17,18)(H,19,20). The number of hydrogen-bond donors (Lipinski definition) is 3. The lowest BCUT2D eigenvalue weighted by atomic mass is 9.95. The normalized spacial score (nSPS) is 21.4. The number of amides is 1. The zero-order valence-corrected chi connectivity index (χ0v) is 10.7. The maximum atomic E-state index is 12.1. The molecule has 0 radical (unpaired) electrons. The van der Waals surface area contributed by atoms with Crippen molar-refractivity contribution in [3.05, 3.63) is 29.8 Å². The molecule has 1 fully saturated rings. The zero-order chi connectivity index (χ0) is 14.7. The van der Waals surface area contributed by atoms with Crippen molar-refractivity contribution in [1.82, 2.24) is 0 Å². The fraction of sp³-hybridized carbons (Fsp3) is 0.357. The molecular formula is C14H15NO5. The van der Waals surface area contributed by atoms with Crippen LogP contribution in [0.1, 0.15) is 29.6 Å². The summed E-state index contributed by atoms with van der Waals surface area (Å²) < 4.78 is 0. The van der Waals surface area contributed by atoms with Gasteiger partial charge in [-0.3, -0.25) is 9.59 Å². The molecule has 106 valence electrons. The second-order valence-corrected chi connectivity index (χ2v) is 4.85. The minimum Gasteiger partial charge on any atom is -0.481 e. The molecule has 1 saturated carbocycles. The minimum atomic E-state index is -1.04. The number of carboxylic acids is 2. The van der Waals surface area contributed by atoms with Gasteiger partial charge in [-0.05, 0) is 37.1 Å². The lowest BCUT2D eigenvalue weighted by Crippen LogP contribution is -2.29. The maximum Gasteiger partial charge on any atom is 0.335 e. The fourth-order valence-corrected chi connectivity index (χ4v) is 2.50. The third-order valence-corrected chi connectivity index (χ3v) is 3.57. The van der Waals surface area contributed by atoms with Crippen LogP contribution in [0.3, 0.4) is 0 Å². The molecule has 1 aromatic rings. The van der Waals surface area contributed by atoms with Crippen molar-refractivity contribution in [2.24, 2.45) is 11.8 Å². The number of benzene rings is 1. The quantitative estimate of drug-likeness (QED) is 0.778. The largest absolute Gasteiger partial charge is 0.481 e. The van der Waals surface area contributed by atoms with Gasteiger partial charge in [-0.15, -0.1) is 0 Å². The second kappa shape index (κ2) is 5.73. The monoisotopic (exact) mass is 277 g/mol. The molecular weight excluding hydrogens is 262 g/mol. The Bertz CT molecular complexity index is 537. The van der Waals surface area contributed by atoms with E-state index in [0.29, 0.717) is 18.5 Å². The van der Waals surface area contributed by atoms with Crippen LogP contribution in [0, 0.1) is 11.8 Å². The SMILES string of the molecule is O=C(O)c1ccc(NC(=O)C2CCCC2C(=O)O)cc1. The van der Waals surface area contributed by atoms with Crippen molar-refractivity contribution in [2.45, 2.75) is 19.3 Å². The smallest absolute Gasteiger partial charge is 0.335 e. The topological polar surface area (TPSA) is 104 Å². The molecule has 1 aliphatic carbocycles. The molecule has 1 amide bonds. The molecule has 0 saturated heterocycles. The summed E-state index contributed by atoms with van der Waals surface area (Å²) in [5, 5.41) is 20.5. The molecule has 0 heterocycles. The van der Waals surface area contributed by atoms with Gasteiger partial charge < -0.3 is 15.5 Å². The van der Waals surface area contributed by atoms with Crippen LogP contribution in [0.4, 0.5) is 5.69 Å². The summed E-state index contributed by atoms with van der Waals surface area (Å²) in [7, 11) is 0. The Morgan fingerprint density at radius 1 is 1.00 bits per heavy atom. The van der Waals surface area contributed by atoms with Crippen molar-refractivity contribution in [3.8, 4) is 0 Å². The average Bonchev–Trinajstić information content (AvgIpc) is 2.88. The Morgan fingerprint density at radius 3 is 2.15 bits per heavy atom. The van der Waals surface area contributed by atoms with E-state index in [1.807, 2.05) is 0 Å². The first-order chi connectivity index (χ1) is 9.49.